The number of carboxylic acid groups (broad SMARTS) is 1. The fourth-order valence-corrected chi connectivity index (χ4v) is 2.75. The van der Waals surface area contributed by atoms with Gasteiger partial charge in [-0.15, -0.1) is 0 Å². The molecule has 0 unspecified atom stereocenters. The van der Waals surface area contributed by atoms with Gasteiger partial charge in [0.2, 0.25) is 0 Å². The smallest absolute Gasteiger partial charge is 0.335 e. The zero-order valence-corrected chi connectivity index (χ0v) is 17.4. The second-order valence-electron chi connectivity index (χ2n) is 6.07. The average Bonchev–Trinajstić information content (AvgIpc) is 2.74. The van der Waals surface area contributed by atoms with Crippen LogP contribution in [0.5, 0.6) is 5.75 Å². The highest BCUT2D eigenvalue weighted by atomic mass is 127. The van der Waals surface area contributed by atoms with Gasteiger partial charge in [-0.2, -0.15) is 5.10 Å². The lowest BCUT2D eigenvalue weighted by Gasteiger charge is -2.07. The second-order valence-corrected chi connectivity index (χ2v) is 7.31. The maximum atomic E-state index is 12.0. The largest absolute Gasteiger partial charge is 0.489 e. The van der Waals surface area contributed by atoms with Crippen molar-refractivity contribution in [1.82, 2.24) is 5.43 Å². The zero-order chi connectivity index (χ0) is 20.6. The van der Waals surface area contributed by atoms with Crippen LogP contribution in [0, 0.1) is 3.57 Å². The van der Waals surface area contributed by atoms with E-state index in [1.807, 2.05) is 24.3 Å². The SMILES string of the molecule is O=C(O)c1ccc(COc2ccc(/C=N/NC(=O)c3ccc(I)cc3)cc2)cc1. The minimum Gasteiger partial charge on any atom is -0.489 e. The van der Waals surface area contributed by atoms with Crippen LogP contribution in [0.4, 0.5) is 0 Å². The molecule has 2 N–H and O–H groups in total. The van der Waals surface area contributed by atoms with Gasteiger partial charge in [-0.25, -0.2) is 10.2 Å². The molecule has 0 aliphatic carbocycles. The van der Waals surface area contributed by atoms with Gasteiger partial charge in [0, 0.05) is 9.13 Å². The number of nitrogens with zero attached hydrogens (tertiary/aromatic N) is 1. The summed E-state index contributed by atoms with van der Waals surface area (Å²) in [6.45, 7) is 0.333. The molecule has 29 heavy (non-hydrogen) atoms. The monoisotopic (exact) mass is 500 g/mol. The maximum absolute atomic E-state index is 12.0. The lowest BCUT2D eigenvalue weighted by atomic mass is 10.1. The Hall–Kier alpha value is -3.20. The van der Waals surface area contributed by atoms with Gasteiger partial charge < -0.3 is 9.84 Å². The Kier molecular flexibility index (Phi) is 6.96. The van der Waals surface area contributed by atoms with E-state index in [-0.39, 0.29) is 11.5 Å². The number of hydrogen-bond acceptors (Lipinski definition) is 4. The summed E-state index contributed by atoms with van der Waals surface area (Å²) in [7, 11) is 0. The molecule has 0 fully saturated rings. The topological polar surface area (TPSA) is 88.0 Å². The van der Waals surface area contributed by atoms with Gasteiger partial charge in [0.25, 0.3) is 5.91 Å². The Morgan fingerprint density at radius 2 is 1.55 bits per heavy atom. The van der Waals surface area contributed by atoms with E-state index < -0.39 is 5.97 Å². The molecule has 0 atom stereocenters. The van der Waals surface area contributed by atoms with Crippen LogP contribution in [0.2, 0.25) is 0 Å². The molecule has 0 bridgehead atoms. The van der Waals surface area contributed by atoms with Crippen LogP contribution in [0.25, 0.3) is 0 Å². The molecular formula is C22H17IN2O4. The average molecular weight is 500 g/mol. The first-order chi connectivity index (χ1) is 14.0. The third kappa shape index (κ3) is 6.15. The van der Waals surface area contributed by atoms with Crippen LogP contribution < -0.4 is 10.2 Å². The Labute approximate surface area is 181 Å². The van der Waals surface area contributed by atoms with E-state index in [4.69, 9.17) is 9.84 Å². The minimum absolute atomic E-state index is 0.242. The van der Waals surface area contributed by atoms with Gasteiger partial charge in [-0.1, -0.05) is 12.1 Å². The molecule has 0 saturated heterocycles. The molecule has 0 aliphatic heterocycles. The number of rotatable bonds is 7. The Balaban J connectivity index is 1.50. The predicted molar refractivity (Wildman–Crippen MR) is 118 cm³/mol. The first kappa shape index (κ1) is 20.5. The summed E-state index contributed by atoms with van der Waals surface area (Å²) < 4.78 is 6.75. The van der Waals surface area contributed by atoms with Crippen molar-refractivity contribution in [2.45, 2.75) is 6.61 Å². The number of carbonyl (C=O) groups is 2. The first-order valence-electron chi connectivity index (χ1n) is 8.65. The van der Waals surface area contributed by atoms with E-state index in [1.54, 1.807) is 54.7 Å². The number of halogens is 1. The van der Waals surface area contributed by atoms with Crippen LogP contribution in [0.15, 0.2) is 77.9 Å². The third-order valence-corrected chi connectivity index (χ3v) is 4.69. The van der Waals surface area contributed by atoms with Gasteiger partial charge in [0.15, 0.2) is 0 Å². The van der Waals surface area contributed by atoms with Crippen LogP contribution >= 0.6 is 22.6 Å². The van der Waals surface area contributed by atoms with Crippen LogP contribution in [0.3, 0.4) is 0 Å². The van der Waals surface area contributed by atoms with E-state index >= 15 is 0 Å². The van der Waals surface area contributed by atoms with Crippen molar-refractivity contribution in [2.24, 2.45) is 5.10 Å². The van der Waals surface area contributed by atoms with Crippen LogP contribution in [-0.2, 0) is 6.61 Å². The number of nitrogens with one attached hydrogen (secondary N) is 1. The van der Waals surface area contributed by atoms with Crippen molar-refractivity contribution < 1.29 is 19.4 Å². The van der Waals surface area contributed by atoms with E-state index in [0.717, 1.165) is 14.7 Å². The van der Waals surface area contributed by atoms with Gasteiger partial charge in [-0.3, -0.25) is 4.79 Å². The zero-order valence-electron chi connectivity index (χ0n) is 15.2. The first-order valence-corrected chi connectivity index (χ1v) is 9.73. The summed E-state index contributed by atoms with van der Waals surface area (Å²) in [5.41, 5.74) is 4.97. The van der Waals surface area contributed by atoms with Gasteiger partial charge in [0.1, 0.15) is 12.4 Å². The number of amides is 1. The molecule has 6 nitrogen and oxygen atoms in total. The van der Waals surface area contributed by atoms with Crippen molar-refractivity contribution in [3.05, 3.63) is 98.6 Å². The van der Waals surface area contributed by atoms with Crippen LogP contribution in [0.1, 0.15) is 31.8 Å². The molecule has 3 aromatic carbocycles. The van der Waals surface area contributed by atoms with Crippen molar-refractivity contribution >= 4 is 40.7 Å². The fourth-order valence-electron chi connectivity index (χ4n) is 2.39. The van der Waals surface area contributed by atoms with Crippen molar-refractivity contribution in [1.29, 1.82) is 0 Å². The second kappa shape index (κ2) is 9.83. The normalized spacial score (nSPS) is 10.7. The highest BCUT2D eigenvalue weighted by Crippen LogP contribution is 2.14. The number of carbonyl (C=O) groups excluding carboxylic acids is 1. The Bertz CT molecular complexity index is 1010. The van der Waals surface area contributed by atoms with E-state index in [1.165, 1.54) is 0 Å². The number of carboxylic acids is 1. The van der Waals surface area contributed by atoms with Crippen molar-refractivity contribution in [3.8, 4) is 5.75 Å². The number of hydrazone groups is 1. The molecule has 7 heteroatoms. The predicted octanol–water partition coefficient (Wildman–Crippen LogP) is 4.33. The van der Waals surface area contributed by atoms with E-state index in [9.17, 15) is 9.59 Å². The molecule has 0 spiro atoms. The number of hydrogen-bond donors (Lipinski definition) is 2. The highest BCUT2D eigenvalue weighted by molar-refractivity contribution is 14.1. The van der Waals surface area contributed by atoms with Crippen molar-refractivity contribution in [3.63, 3.8) is 0 Å². The molecule has 3 aromatic rings. The molecule has 0 saturated carbocycles. The summed E-state index contributed by atoms with van der Waals surface area (Å²) in [6, 6.07) is 21.0. The molecule has 3 rings (SSSR count). The molecule has 1 amide bonds. The van der Waals surface area contributed by atoms with E-state index in [2.05, 4.69) is 33.1 Å². The lowest BCUT2D eigenvalue weighted by molar-refractivity contribution is 0.0696. The summed E-state index contributed by atoms with van der Waals surface area (Å²) in [6.07, 6.45) is 1.55. The summed E-state index contributed by atoms with van der Waals surface area (Å²) in [5, 5.41) is 12.9. The summed E-state index contributed by atoms with van der Waals surface area (Å²) >= 11 is 2.18. The quantitative estimate of drug-likeness (QED) is 0.287. The molecule has 0 aliphatic rings. The number of benzene rings is 3. The molecule has 146 valence electrons. The van der Waals surface area contributed by atoms with Crippen molar-refractivity contribution in [2.75, 3.05) is 0 Å². The fraction of sp³-hybridized carbons (Fsp3) is 0.0455. The standard InChI is InChI=1S/C22H17IN2O4/c23-19-9-7-17(8-10-19)21(26)25-24-13-15-3-11-20(12-4-15)29-14-16-1-5-18(6-2-16)22(27)28/h1-13H,14H2,(H,25,26)(H,27,28)/b24-13+. The molecule has 0 aromatic heterocycles. The molecule has 0 radical (unpaired) electrons. The molecule has 0 heterocycles. The van der Waals surface area contributed by atoms with E-state index in [0.29, 0.717) is 17.9 Å². The summed E-state index contributed by atoms with van der Waals surface area (Å²) in [4.78, 5) is 22.9. The number of aromatic carboxylic acids is 1. The third-order valence-electron chi connectivity index (χ3n) is 3.97. The number of ether oxygens (including phenoxy) is 1. The maximum Gasteiger partial charge on any atom is 0.335 e. The summed E-state index contributed by atoms with van der Waals surface area (Å²) in [5.74, 6) is -0.552. The van der Waals surface area contributed by atoms with Gasteiger partial charge in [-0.05, 0) is 94.4 Å². The highest BCUT2D eigenvalue weighted by Gasteiger charge is 2.04. The Morgan fingerprint density at radius 3 is 2.17 bits per heavy atom. The van der Waals surface area contributed by atoms with Crippen LogP contribution in [-0.4, -0.2) is 23.2 Å². The van der Waals surface area contributed by atoms with Gasteiger partial charge >= 0.3 is 5.97 Å². The lowest BCUT2D eigenvalue weighted by Crippen LogP contribution is -2.17. The Morgan fingerprint density at radius 1 is 0.931 bits per heavy atom. The molecular weight excluding hydrogens is 483 g/mol. The van der Waals surface area contributed by atoms with Gasteiger partial charge in [0.05, 0.1) is 11.8 Å². The minimum atomic E-state index is -0.954.